The highest BCUT2D eigenvalue weighted by Crippen LogP contribution is 2.20. The topological polar surface area (TPSA) is 51.8 Å². The van der Waals surface area contributed by atoms with Gasteiger partial charge in [0.1, 0.15) is 5.51 Å². The van der Waals surface area contributed by atoms with Crippen molar-refractivity contribution < 1.29 is 0 Å². The molecule has 0 aliphatic carbocycles. The number of hydrogen-bond acceptors (Lipinski definition) is 5. The van der Waals surface area contributed by atoms with E-state index in [1.807, 2.05) is 0 Å². The molecule has 0 aliphatic rings. The Morgan fingerprint density at radius 3 is 3.08 bits per heavy atom. The molecular formula is C8H15N3S2. The zero-order valence-electron chi connectivity index (χ0n) is 7.77. The Bertz CT molecular complexity index is 211. The Labute approximate surface area is 87.1 Å². The lowest BCUT2D eigenvalue weighted by atomic mass is 10.2. The molecule has 0 radical (unpaired) electrons. The van der Waals surface area contributed by atoms with Crippen LogP contribution in [0.1, 0.15) is 26.2 Å². The SMILES string of the molecule is CC(N)CCCCSc1nncs1. The maximum Gasteiger partial charge on any atom is 0.174 e. The first-order valence-electron chi connectivity index (χ1n) is 4.43. The molecule has 0 aliphatic heterocycles. The summed E-state index contributed by atoms with van der Waals surface area (Å²) in [5, 5.41) is 7.73. The highest BCUT2D eigenvalue weighted by atomic mass is 32.2. The molecule has 0 saturated heterocycles. The van der Waals surface area contributed by atoms with Crippen molar-refractivity contribution in [2.75, 3.05) is 5.75 Å². The van der Waals surface area contributed by atoms with Gasteiger partial charge in [-0.2, -0.15) is 0 Å². The fourth-order valence-corrected chi connectivity index (χ4v) is 2.51. The summed E-state index contributed by atoms with van der Waals surface area (Å²) in [5.41, 5.74) is 7.41. The summed E-state index contributed by atoms with van der Waals surface area (Å²) in [7, 11) is 0. The molecule has 0 bridgehead atoms. The predicted molar refractivity (Wildman–Crippen MR) is 58.1 cm³/mol. The number of nitrogens with two attached hydrogens (primary N) is 1. The van der Waals surface area contributed by atoms with E-state index in [1.54, 1.807) is 28.6 Å². The summed E-state index contributed by atoms with van der Waals surface area (Å²) in [4.78, 5) is 0. The summed E-state index contributed by atoms with van der Waals surface area (Å²) in [6, 6.07) is 0.339. The molecule has 0 saturated carbocycles. The van der Waals surface area contributed by atoms with E-state index in [-0.39, 0.29) is 0 Å². The minimum Gasteiger partial charge on any atom is -0.328 e. The molecule has 0 aromatic carbocycles. The quantitative estimate of drug-likeness (QED) is 0.586. The van der Waals surface area contributed by atoms with E-state index in [0.29, 0.717) is 6.04 Å². The van der Waals surface area contributed by atoms with Crippen molar-refractivity contribution in [1.29, 1.82) is 0 Å². The third-order valence-electron chi connectivity index (χ3n) is 1.62. The van der Waals surface area contributed by atoms with Crippen molar-refractivity contribution in [2.24, 2.45) is 5.73 Å². The van der Waals surface area contributed by atoms with Crippen molar-refractivity contribution in [1.82, 2.24) is 10.2 Å². The van der Waals surface area contributed by atoms with Gasteiger partial charge in [0.25, 0.3) is 0 Å². The number of thioether (sulfide) groups is 1. The van der Waals surface area contributed by atoms with Gasteiger partial charge in [0.2, 0.25) is 0 Å². The molecule has 1 rings (SSSR count). The second kappa shape index (κ2) is 6.34. The van der Waals surface area contributed by atoms with E-state index in [1.165, 1.54) is 12.8 Å². The largest absolute Gasteiger partial charge is 0.328 e. The van der Waals surface area contributed by atoms with Crippen LogP contribution in [0.5, 0.6) is 0 Å². The van der Waals surface area contributed by atoms with Crippen LogP contribution in [0, 0.1) is 0 Å². The standard InChI is InChI=1S/C8H15N3S2/c1-7(9)4-2-3-5-12-8-11-10-6-13-8/h6-7H,2-5,9H2,1H3. The normalized spacial score (nSPS) is 13.1. The molecule has 1 aromatic heterocycles. The highest BCUT2D eigenvalue weighted by Gasteiger charge is 1.98. The molecule has 13 heavy (non-hydrogen) atoms. The Kier molecular flexibility index (Phi) is 5.34. The fraction of sp³-hybridized carbons (Fsp3) is 0.750. The lowest BCUT2D eigenvalue weighted by Crippen LogP contribution is -2.13. The van der Waals surface area contributed by atoms with Gasteiger partial charge in [-0.15, -0.1) is 10.2 Å². The van der Waals surface area contributed by atoms with Gasteiger partial charge in [-0.3, -0.25) is 0 Å². The minimum absolute atomic E-state index is 0.339. The summed E-state index contributed by atoms with van der Waals surface area (Å²) in [6.07, 6.45) is 3.55. The van der Waals surface area contributed by atoms with Crippen LogP contribution in [0.4, 0.5) is 0 Å². The smallest absolute Gasteiger partial charge is 0.174 e. The van der Waals surface area contributed by atoms with Crippen molar-refractivity contribution >= 4 is 23.1 Å². The lowest BCUT2D eigenvalue weighted by Gasteiger charge is -2.02. The third kappa shape index (κ3) is 5.23. The second-order valence-electron chi connectivity index (χ2n) is 3.03. The first-order valence-corrected chi connectivity index (χ1v) is 6.30. The number of hydrogen-bond donors (Lipinski definition) is 1. The number of nitrogens with zero attached hydrogens (tertiary/aromatic N) is 2. The predicted octanol–water partition coefficient (Wildman–Crippen LogP) is 2.15. The maximum absolute atomic E-state index is 5.64. The molecule has 0 spiro atoms. The molecule has 74 valence electrons. The molecular weight excluding hydrogens is 202 g/mol. The molecule has 2 N–H and O–H groups in total. The van der Waals surface area contributed by atoms with Crippen molar-refractivity contribution in [3.63, 3.8) is 0 Å². The van der Waals surface area contributed by atoms with E-state index < -0.39 is 0 Å². The fourth-order valence-electron chi connectivity index (χ4n) is 0.954. The van der Waals surface area contributed by atoms with Crippen LogP contribution in [-0.4, -0.2) is 22.0 Å². The molecule has 1 atom stereocenters. The number of rotatable bonds is 6. The average molecular weight is 217 g/mol. The number of unbranched alkanes of at least 4 members (excludes halogenated alkanes) is 1. The summed E-state index contributed by atoms with van der Waals surface area (Å²) >= 11 is 3.39. The van der Waals surface area contributed by atoms with Crippen molar-refractivity contribution in [2.45, 2.75) is 36.6 Å². The van der Waals surface area contributed by atoms with E-state index in [9.17, 15) is 0 Å². The summed E-state index contributed by atoms with van der Waals surface area (Å²) in [6.45, 7) is 2.05. The number of aromatic nitrogens is 2. The van der Waals surface area contributed by atoms with Gasteiger partial charge in [0.15, 0.2) is 4.34 Å². The lowest BCUT2D eigenvalue weighted by molar-refractivity contribution is 0.618. The van der Waals surface area contributed by atoms with E-state index in [2.05, 4.69) is 17.1 Å². The Morgan fingerprint density at radius 1 is 1.62 bits per heavy atom. The molecule has 3 nitrogen and oxygen atoms in total. The van der Waals surface area contributed by atoms with Gasteiger partial charge in [-0.25, -0.2) is 0 Å². The van der Waals surface area contributed by atoms with Gasteiger partial charge in [-0.1, -0.05) is 29.5 Å². The third-order valence-corrected chi connectivity index (χ3v) is 3.57. The van der Waals surface area contributed by atoms with Gasteiger partial charge < -0.3 is 5.73 Å². The van der Waals surface area contributed by atoms with Gasteiger partial charge >= 0.3 is 0 Å². The van der Waals surface area contributed by atoms with Crippen LogP contribution in [0.15, 0.2) is 9.85 Å². The first-order chi connectivity index (χ1) is 6.29. The Balaban J connectivity index is 1.96. The van der Waals surface area contributed by atoms with Gasteiger partial charge in [-0.05, 0) is 19.8 Å². The molecule has 0 amide bonds. The van der Waals surface area contributed by atoms with Crippen molar-refractivity contribution in [3.05, 3.63) is 5.51 Å². The summed E-state index contributed by atoms with van der Waals surface area (Å²) in [5.74, 6) is 1.13. The molecule has 0 fully saturated rings. The molecule has 1 heterocycles. The van der Waals surface area contributed by atoms with Gasteiger partial charge in [0.05, 0.1) is 0 Å². The van der Waals surface area contributed by atoms with Crippen LogP contribution in [-0.2, 0) is 0 Å². The highest BCUT2D eigenvalue weighted by molar-refractivity contribution is 8.00. The van der Waals surface area contributed by atoms with E-state index in [4.69, 9.17) is 5.73 Å². The summed E-state index contributed by atoms with van der Waals surface area (Å²) < 4.78 is 1.07. The average Bonchev–Trinajstić information content (AvgIpc) is 2.55. The van der Waals surface area contributed by atoms with Crippen LogP contribution < -0.4 is 5.73 Å². The monoisotopic (exact) mass is 217 g/mol. The van der Waals surface area contributed by atoms with Crippen molar-refractivity contribution in [3.8, 4) is 0 Å². The second-order valence-corrected chi connectivity index (χ2v) is 5.20. The van der Waals surface area contributed by atoms with E-state index >= 15 is 0 Å². The van der Waals surface area contributed by atoms with Crippen LogP contribution in [0.25, 0.3) is 0 Å². The first kappa shape index (κ1) is 10.9. The van der Waals surface area contributed by atoms with Gasteiger partial charge in [0, 0.05) is 11.8 Å². The molecule has 5 heteroatoms. The van der Waals surface area contributed by atoms with Crippen LogP contribution >= 0.6 is 23.1 Å². The minimum atomic E-state index is 0.339. The Morgan fingerprint density at radius 2 is 2.46 bits per heavy atom. The van der Waals surface area contributed by atoms with Crippen LogP contribution in [0.3, 0.4) is 0 Å². The maximum atomic E-state index is 5.64. The molecule has 1 aromatic rings. The Hall–Kier alpha value is -0.130. The zero-order chi connectivity index (χ0) is 9.52. The molecule has 1 unspecified atom stereocenters. The zero-order valence-corrected chi connectivity index (χ0v) is 9.40. The van der Waals surface area contributed by atoms with Crippen LogP contribution in [0.2, 0.25) is 0 Å². The van der Waals surface area contributed by atoms with E-state index in [0.717, 1.165) is 16.5 Å².